The number of sulfonamides is 1. The minimum atomic E-state index is -3.89. The van der Waals surface area contributed by atoms with Crippen molar-refractivity contribution in [2.75, 3.05) is 4.72 Å². The first-order valence-electron chi connectivity index (χ1n) is 12.4. The number of anilines is 1. The van der Waals surface area contributed by atoms with Crippen molar-refractivity contribution in [2.45, 2.75) is 70.4 Å². The minimum absolute atomic E-state index is 0.0824. The van der Waals surface area contributed by atoms with Gasteiger partial charge in [-0.1, -0.05) is 55.8 Å². The normalized spacial score (nSPS) is 16.5. The smallest absolute Gasteiger partial charge is 0.262 e. The molecule has 1 atom stereocenters. The molecular weight excluding hydrogens is 472 g/mol. The summed E-state index contributed by atoms with van der Waals surface area (Å²) in [5.41, 5.74) is 3.84. The van der Waals surface area contributed by atoms with Crippen LogP contribution in [0.3, 0.4) is 0 Å². The molecule has 1 unspecified atom stereocenters. The van der Waals surface area contributed by atoms with E-state index in [9.17, 15) is 13.2 Å². The first kappa shape index (κ1) is 25.8. The van der Waals surface area contributed by atoms with E-state index in [0.717, 1.165) is 35.3 Å². The molecule has 0 bridgehead atoms. The molecule has 3 aromatic rings. The van der Waals surface area contributed by atoms with E-state index >= 15 is 0 Å². The summed E-state index contributed by atoms with van der Waals surface area (Å²) in [7, 11) is -3.89. The van der Waals surface area contributed by atoms with E-state index in [1.807, 2.05) is 50.2 Å². The zero-order valence-electron chi connectivity index (χ0n) is 21.5. The summed E-state index contributed by atoms with van der Waals surface area (Å²) < 4.78 is 35.6. The number of ether oxygens (including phenoxy) is 1. The van der Waals surface area contributed by atoms with Crippen LogP contribution in [-0.4, -0.2) is 19.9 Å². The summed E-state index contributed by atoms with van der Waals surface area (Å²) >= 11 is 0. The highest BCUT2D eigenvalue weighted by atomic mass is 32.2. The fraction of sp³-hybridized carbons (Fsp3) is 0.345. The number of nitrogens with one attached hydrogen (secondary N) is 2. The fourth-order valence-electron chi connectivity index (χ4n) is 4.83. The lowest BCUT2D eigenvalue weighted by Crippen LogP contribution is -2.44. The highest BCUT2D eigenvalue weighted by molar-refractivity contribution is 7.92. The van der Waals surface area contributed by atoms with Crippen LogP contribution in [0.5, 0.6) is 5.75 Å². The summed E-state index contributed by atoms with van der Waals surface area (Å²) in [6.45, 7) is 9.73. The van der Waals surface area contributed by atoms with Gasteiger partial charge in [0.25, 0.3) is 15.9 Å². The number of aryl methyl sites for hydroxylation is 3. The molecule has 1 heterocycles. The maximum Gasteiger partial charge on any atom is 0.262 e. The number of fused-ring (bicyclic) bond motifs is 1. The third-order valence-electron chi connectivity index (χ3n) is 7.16. The Labute approximate surface area is 214 Å². The van der Waals surface area contributed by atoms with E-state index in [0.29, 0.717) is 23.2 Å². The predicted molar refractivity (Wildman–Crippen MR) is 143 cm³/mol. The summed E-state index contributed by atoms with van der Waals surface area (Å²) in [6, 6.07) is 17.9. The van der Waals surface area contributed by atoms with Crippen LogP contribution in [0.25, 0.3) is 0 Å². The highest BCUT2D eigenvalue weighted by Gasteiger charge is 2.39. The van der Waals surface area contributed by atoms with Crippen LogP contribution in [0.15, 0.2) is 65.6 Å². The maximum absolute atomic E-state index is 13.4. The third kappa shape index (κ3) is 5.12. The van der Waals surface area contributed by atoms with E-state index in [-0.39, 0.29) is 22.4 Å². The van der Waals surface area contributed by atoms with Gasteiger partial charge in [-0.15, -0.1) is 0 Å². The van der Waals surface area contributed by atoms with E-state index in [1.54, 1.807) is 25.1 Å². The molecule has 1 amide bonds. The van der Waals surface area contributed by atoms with E-state index in [2.05, 4.69) is 23.9 Å². The molecule has 0 fully saturated rings. The van der Waals surface area contributed by atoms with E-state index in [4.69, 9.17) is 4.74 Å². The molecule has 0 radical (unpaired) electrons. The van der Waals surface area contributed by atoms with Gasteiger partial charge in [-0.2, -0.15) is 0 Å². The van der Waals surface area contributed by atoms with Gasteiger partial charge >= 0.3 is 0 Å². The lowest BCUT2D eigenvalue weighted by atomic mass is 9.83. The van der Waals surface area contributed by atoms with Crippen LogP contribution >= 0.6 is 0 Å². The standard InChI is InChI=1S/C29H34N2O4S/c1-6-29(7-2)18-25(23-10-8-9-11-26(23)35-29)30-28(32)22-14-13-20(4)27(17-22)36(33,34)31-24-15-12-19(3)16-21(24)5/h8-17,25,31H,6-7,18H2,1-5H3,(H,30,32). The molecule has 3 aromatic carbocycles. The zero-order valence-corrected chi connectivity index (χ0v) is 22.3. The molecule has 36 heavy (non-hydrogen) atoms. The largest absolute Gasteiger partial charge is 0.487 e. The van der Waals surface area contributed by atoms with Gasteiger partial charge in [0.2, 0.25) is 0 Å². The monoisotopic (exact) mass is 506 g/mol. The summed E-state index contributed by atoms with van der Waals surface area (Å²) in [6.07, 6.45) is 2.29. The average Bonchev–Trinajstić information content (AvgIpc) is 2.85. The van der Waals surface area contributed by atoms with Gasteiger partial charge in [0.05, 0.1) is 16.6 Å². The predicted octanol–water partition coefficient (Wildman–Crippen LogP) is 6.23. The van der Waals surface area contributed by atoms with Gasteiger partial charge in [0, 0.05) is 17.5 Å². The third-order valence-corrected chi connectivity index (χ3v) is 8.66. The second-order valence-electron chi connectivity index (χ2n) is 9.66. The van der Waals surface area contributed by atoms with Gasteiger partial charge in [-0.05, 0) is 69.0 Å². The van der Waals surface area contributed by atoms with Crippen molar-refractivity contribution in [1.82, 2.24) is 5.32 Å². The Morgan fingerprint density at radius 3 is 2.39 bits per heavy atom. The van der Waals surface area contributed by atoms with Crippen molar-refractivity contribution in [3.63, 3.8) is 0 Å². The van der Waals surface area contributed by atoms with Crippen molar-refractivity contribution >= 4 is 21.6 Å². The van der Waals surface area contributed by atoms with Crippen molar-refractivity contribution in [2.24, 2.45) is 0 Å². The lowest BCUT2D eigenvalue weighted by molar-refractivity contribution is 0.0227. The average molecular weight is 507 g/mol. The number of rotatable bonds is 7. The van der Waals surface area contributed by atoms with Crippen LogP contribution in [0.1, 0.15) is 71.8 Å². The Morgan fingerprint density at radius 1 is 0.972 bits per heavy atom. The zero-order chi connectivity index (χ0) is 26.1. The molecule has 0 saturated heterocycles. The Hall–Kier alpha value is -3.32. The van der Waals surface area contributed by atoms with Crippen LogP contribution < -0.4 is 14.8 Å². The Kier molecular flexibility index (Phi) is 7.14. The topological polar surface area (TPSA) is 84.5 Å². The second-order valence-corrected chi connectivity index (χ2v) is 11.3. The van der Waals surface area contributed by atoms with Gasteiger partial charge in [-0.3, -0.25) is 9.52 Å². The van der Waals surface area contributed by atoms with Crippen molar-refractivity contribution in [3.8, 4) is 5.75 Å². The number of carbonyl (C=O) groups excluding carboxylic acids is 1. The first-order chi connectivity index (χ1) is 17.1. The number of hydrogen-bond acceptors (Lipinski definition) is 4. The molecule has 6 nitrogen and oxygen atoms in total. The Morgan fingerprint density at radius 2 is 1.69 bits per heavy atom. The van der Waals surface area contributed by atoms with Gasteiger partial charge in [0.15, 0.2) is 0 Å². The van der Waals surface area contributed by atoms with Crippen molar-refractivity contribution in [3.05, 3.63) is 88.5 Å². The van der Waals surface area contributed by atoms with Crippen LogP contribution in [0, 0.1) is 20.8 Å². The number of carbonyl (C=O) groups is 1. The molecule has 1 aliphatic heterocycles. The quantitative estimate of drug-likeness (QED) is 0.398. The molecule has 4 rings (SSSR count). The Balaban J connectivity index is 1.62. The van der Waals surface area contributed by atoms with E-state index < -0.39 is 10.0 Å². The summed E-state index contributed by atoms with van der Waals surface area (Å²) in [5, 5.41) is 3.14. The molecule has 1 aliphatic rings. The molecule has 2 N–H and O–H groups in total. The van der Waals surface area contributed by atoms with Gasteiger partial charge in [-0.25, -0.2) is 8.42 Å². The van der Waals surface area contributed by atoms with Crippen LogP contribution in [0.4, 0.5) is 5.69 Å². The van der Waals surface area contributed by atoms with Crippen LogP contribution in [-0.2, 0) is 10.0 Å². The van der Waals surface area contributed by atoms with Gasteiger partial charge < -0.3 is 10.1 Å². The summed E-state index contributed by atoms with van der Waals surface area (Å²) in [5.74, 6) is 0.461. The maximum atomic E-state index is 13.4. The van der Waals surface area contributed by atoms with Gasteiger partial charge in [0.1, 0.15) is 11.4 Å². The molecule has 0 spiro atoms. The summed E-state index contributed by atoms with van der Waals surface area (Å²) in [4.78, 5) is 13.5. The SMILES string of the molecule is CCC1(CC)CC(NC(=O)c2ccc(C)c(S(=O)(=O)Nc3ccc(C)cc3C)c2)c2ccccc2O1. The number of hydrogen-bond donors (Lipinski definition) is 2. The lowest BCUT2D eigenvalue weighted by Gasteiger charge is -2.41. The number of amides is 1. The number of para-hydroxylation sites is 1. The van der Waals surface area contributed by atoms with Crippen LogP contribution in [0.2, 0.25) is 0 Å². The minimum Gasteiger partial charge on any atom is -0.487 e. The second kappa shape index (κ2) is 9.97. The highest BCUT2D eigenvalue weighted by Crippen LogP contribution is 2.42. The van der Waals surface area contributed by atoms with Crippen molar-refractivity contribution in [1.29, 1.82) is 0 Å². The molecule has 0 saturated carbocycles. The first-order valence-corrected chi connectivity index (χ1v) is 13.9. The van der Waals surface area contributed by atoms with E-state index in [1.165, 1.54) is 6.07 Å². The fourth-order valence-corrected chi connectivity index (χ4v) is 6.23. The number of benzene rings is 3. The Bertz CT molecular complexity index is 1390. The molecule has 7 heteroatoms. The molecule has 0 aliphatic carbocycles. The molecular formula is C29H34N2O4S. The van der Waals surface area contributed by atoms with Crippen molar-refractivity contribution < 1.29 is 17.9 Å². The molecule has 190 valence electrons. The molecule has 0 aromatic heterocycles.